The van der Waals surface area contributed by atoms with Gasteiger partial charge in [0, 0.05) is 19.2 Å². The van der Waals surface area contributed by atoms with Crippen LogP contribution in [0.15, 0.2) is 45.8 Å². The minimum absolute atomic E-state index is 0.00379. The van der Waals surface area contributed by atoms with Gasteiger partial charge in [0.05, 0.1) is 32.6 Å². The predicted molar refractivity (Wildman–Crippen MR) is 98.2 cm³/mol. The zero-order valence-corrected chi connectivity index (χ0v) is 15.1. The quantitative estimate of drug-likeness (QED) is 0.785. The molecule has 1 aliphatic rings. The number of para-hydroxylation sites is 2. The second kappa shape index (κ2) is 9.20. The van der Waals surface area contributed by atoms with Crippen LogP contribution in [0, 0.1) is 0 Å². The van der Waals surface area contributed by atoms with E-state index in [1.807, 2.05) is 0 Å². The van der Waals surface area contributed by atoms with Gasteiger partial charge >= 0.3 is 0 Å². The molecule has 0 bridgehead atoms. The first kappa shape index (κ1) is 18.9. The summed E-state index contributed by atoms with van der Waals surface area (Å²) in [6, 6.07) is 8.42. The molecule has 27 heavy (non-hydrogen) atoms. The van der Waals surface area contributed by atoms with E-state index in [0.717, 1.165) is 13.1 Å². The molecule has 1 fully saturated rings. The highest BCUT2D eigenvalue weighted by molar-refractivity contribution is 5.93. The maximum atomic E-state index is 12.2. The van der Waals surface area contributed by atoms with Crippen molar-refractivity contribution in [3.63, 3.8) is 0 Å². The van der Waals surface area contributed by atoms with Gasteiger partial charge in [0.2, 0.25) is 11.2 Å². The second-order valence-electron chi connectivity index (χ2n) is 6.00. The first-order valence-corrected chi connectivity index (χ1v) is 8.63. The topological polar surface area (TPSA) is 90.2 Å². The van der Waals surface area contributed by atoms with E-state index >= 15 is 0 Å². The number of morpholine rings is 1. The number of rotatable bonds is 7. The molecule has 1 aliphatic heterocycles. The molecule has 1 aromatic heterocycles. The van der Waals surface area contributed by atoms with Crippen molar-refractivity contribution in [3.8, 4) is 11.5 Å². The van der Waals surface area contributed by atoms with Crippen molar-refractivity contribution < 1.29 is 23.4 Å². The number of carbonyl (C=O) groups is 1. The summed E-state index contributed by atoms with van der Waals surface area (Å²) < 4.78 is 21.2. The summed E-state index contributed by atoms with van der Waals surface area (Å²) >= 11 is 0. The molecule has 2 aromatic rings. The van der Waals surface area contributed by atoms with Gasteiger partial charge in [-0.05, 0) is 12.1 Å². The Labute approximate surface area is 156 Å². The van der Waals surface area contributed by atoms with E-state index in [1.165, 1.54) is 19.4 Å². The molecular weight excluding hydrogens is 352 g/mol. The Morgan fingerprint density at radius 2 is 2.00 bits per heavy atom. The minimum atomic E-state index is -0.406. The van der Waals surface area contributed by atoms with Gasteiger partial charge in [-0.15, -0.1) is 0 Å². The van der Waals surface area contributed by atoms with Gasteiger partial charge in [-0.2, -0.15) is 0 Å². The van der Waals surface area contributed by atoms with Crippen molar-refractivity contribution in [1.82, 2.24) is 4.90 Å². The third kappa shape index (κ3) is 5.32. The van der Waals surface area contributed by atoms with Gasteiger partial charge in [0.1, 0.15) is 17.8 Å². The molecule has 1 saturated heterocycles. The van der Waals surface area contributed by atoms with Crippen LogP contribution in [0.1, 0.15) is 5.76 Å². The maximum Gasteiger partial charge on any atom is 0.262 e. The van der Waals surface area contributed by atoms with Gasteiger partial charge in [-0.25, -0.2) is 0 Å². The highest BCUT2D eigenvalue weighted by Gasteiger charge is 2.14. The number of hydrogen-bond donors (Lipinski definition) is 1. The number of anilines is 1. The Morgan fingerprint density at radius 3 is 2.74 bits per heavy atom. The molecular formula is C19H22N2O6. The minimum Gasteiger partial charge on any atom is -0.495 e. The molecule has 0 spiro atoms. The van der Waals surface area contributed by atoms with Gasteiger partial charge in [0.25, 0.3) is 5.91 Å². The predicted octanol–water partition coefficient (Wildman–Crippen LogP) is 1.50. The van der Waals surface area contributed by atoms with Crippen molar-refractivity contribution in [2.45, 2.75) is 6.54 Å². The van der Waals surface area contributed by atoms with E-state index in [-0.39, 0.29) is 17.8 Å². The van der Waals surface area contributed by atoms with E-state index in [9.17, 15) is 9.59 Å². The smallest absolute Gasteiger partial charge is 0.262 e. The lowest BCUT2D eigenvalue weighted by molar-refractivity contribution is -0.118. The number of nitrogens with zero attached hydrogens (tertiary/aromatic N) is 1. The third-order valence-corrected chi connectivity index (χ3v) is 4.08. The molecule has 0 radical (unpaired) electrons. The normalized spacial score (nSPS) is 14.6. The van der Waals surface area contributed by atoms with E-state index in [1.54, 1.807) is 24.3 Å². The summed E-state index contributed by atoms with van der Waals surface area (Å²) in [6.45, 7) is 3.16. The van der Waals surface area contributed by atoms with Crippen molar-refractivity contribution in [2.24, 2.45) is 0 Å². The highest BCUT2D eigenvalue weighted by atomic mass is 16.5. The second-order valence-corrected chi connectivity index (χ2v) is 6.00. The van der Waals surface area contributed by atoms with E-state index in [0.29, 0.717) is 37.0 Å². The lowest BCUT2D eigenvalue weighted by atomic mass is 10.3. The highest BCUT2D eigenvalue weighted by Crippen LogP contribution is 2.22. The van der Waals surface area contributed by atoms with Crippen LogP contribution in [-0.2, 0) is 16.1 Å². The van der Waals surface area contributed by atoms with Crippen LogP contribution in [-0.4, -0.2) is 50.8 Å². The summed E-state index contributed by atoms with van der Waals surface area (Å²) in [4.78, 5) is 26.4. The monoisotopic (exact) mass is 374 g/mol. The first-order valence-electron chi connectivity index (χ1n) is 8.63. The Balaban J connectivity index is 1.54. The fourth-order valence-electron chi connectivity index (χ4n) is 2.68. The molecule has 3 rings (SSSR count). The van der Waals surface area contributed by atoms with E-state index in [4.69, 9.17) is 18.6 Å². The average Bonchev–Trinajstić information content (AvgIpc) is 2.68. The van der Waals surface area contributed by atoms with Crippen LogP contribution >= 0.6 is 0 Å². The zero-order valence-electron chi connectivity index (χ0n) is 15.1. The van der Waals surface area contributed by atoms with Crippen molar-refractivity contribution >= 4 is 11.6 Å². The molecule has 0 saturated carbocycles. The molecule has 144 valence electrons. The molecule has 1 N–H and O–H groups in total. The van der Waals surface area contributed by atoms with Crippen molar-refractivity contribution in [3.05, 3.63) is 52.6 Å². The molecule has 1 amide bonds. The summed E-state index contributed by atoms with van der Waals surface area (Å²) in [6.07, 6.45) is 1.24. The lowest BCUT2D eigenvalue weighted by Gasteiger charge is -2.25. The summed E-state index contributed by atoms with van der Waals surface area (Å²) in [7, 11) is 1.52. The largest absolute Gasteiger partial charge is 0.495 e. The summed E-state index contributed by atoms with van der Waals surface area (Å²) in [5.41, 5.74) is 0.205. The Morgan fingerprint density at radius 1 is 1.22 bits per heavy atom. The van der Waals surface area contributed by atoms with E-state index < -0.39 is 5.91 Å². The van der Waals surface area contributed by atoms with E-state index in [2.05, 4.69) is 10.2 Å². The molecule has 0 atom stereocenters. The standard InChI is InChI=1S/C19H22N2O6/c1-24-17-5-3-2-4-15(17)20-19(23)13-27-18-12-26-14(10-16(18)22)11-21-6-8-25-9-7-21/h2-5,10,12H,6-9,11,13H2,1H3,(H,20,23). The zero-order chi connectivity index (χ0) is 19.1. The average molecular weight is 374 g/mol. The number of hydrogen-bond acceptors (Lipinski definition) is 7. The van der Waals surface area contributed by atoms with Crippen LogP contribution in [0.3, 0.4) is 0 Å². The number of amides is 1. The fourth-order valence-corrected chi connectivity index (χ4v) is 2.68. The molecule has 2 heterocycles. The number of ether oxygens (including phenoxy) is 3. The number of benzene rings is 1. The molecule has 1 aromatic carbocycles. The van der Waals surface area contributed by atoms with Gasteiger partial charge in [0.15, 0.2) is 6.61 Å². The summed E-state index contributed by atoms with van der Waals surface area (Å²) in [5, 5.41) is 2.68. The first-order chi connectivity index (χ1) is 13.2. The van der Waals surface area contributed by atoms with Crippen LogP contribution in [0.5, 0.6) is 11.5 Å². The van der Waals surface area contributed by atoms with Crippen LogP contribution in [0.4, 0.5) is 5.69 Å². The van der Waals surface area contributed by atoms with Gasteiger partial charge in [-0.1, -0.05) is 12.1 Å². The Bertz CT molecular complexity index is 829. The SMILES string of the molecule is COc1ccccc1NC(=O)COc1coc(CN2CCOCC2)cc1=O. The molecule has 0 aliphatic carbocycles. The fraction of sp³-hybridized carbons (Fsp3) is 0.368. The van der Waals surface area contributed by atoms with Crippen molar-refractivity contribution in [2.75, 3.05) is 45.3 Å². The van der Waals surface area contributed by atoms with Crippen LogP contribution in [0.25, 0.3) is 0 Å². The van der Waals surface area contributed by atoms with Gasteiger partial charge in [-0.3, -0.25) is 14.5 Å². The van der Waals surface area contributed by atoms with Crippen LogP contribution < -0.4 is 20.2 Å². The Hall–Kier alpha value is -2.84. The molecule has 0 unspecified atom stereocenters. The number of carbonyl (C=O) groups excluding carboxylic acids is 1. The Kier molecular flexibility index (Phi) is 6.45. The molecule has 8 nitrogen and oxygen atoms in total. The number of methoxy groups -OCH3 is 1. The lowest BCUT2D eigenvalue weighted by Crippen LogP contribution is -2.35. The maximum absolute atomic E-state index is 12.2. The van der Waals surface area contributed by atoms with Gasteiger partial charge < -0.3 is 23.9 Å². The molecule has 8 heteroatoms. The third-order valence-electron chi connectivity index (χ3n) is 4.08. The summed E-state index contributed by atoms with van der Waals surface area (Å²) in [5.74, 6) is 0.678. The van der Waals surface area contributed by atoms with Crippen molar-refractivity contribution in [1.29, 1.82) is 0 Å². The van der Waals surface area contributed by atoms with Crippen LogP contribution in [0.2, 0.25) is 0 Å². The number of nitrogens with one attached hydrogen (secondary N) is 1.